The van der Waals surface area contributed by atoms with Crippen LogP contribution in [0.2, 0.25) is 0 Å². The number of carbonyl (C=O) groups excluding carboxylic acids is 1. The number of benzene rings is 3. The Hall–Kier alpha value is -2.94. The number of halogens is 1. The number of aldehydes is 1. The largest absolute Gasteiger partial charge is 0.488 e. The van der Waals surface area contributed by atoms with Gasteiger partial charge in [-0.1, -0.05) is 48.0 Å². The standard InChI is InChI=1S/C21H17FO2/c1-15-7-9-20(22)19(11-15)17-8-10-21(18(12-17)13-23)24-14-16-5-3-2-4-6-16/h2-13H,14H2,1H3. The molecule has 0 aromatic heterocycles. The lowest BCUT2D eigenvalue weighted by Crippen LogP contribution is -1.98. The zero-order chi connectivity index (χ0) is 16.9. The molecule has 24 heavy (non-hydrogen) atoms. The minimum absolute atomic E-state index is 0.310. The Morgan fingerprint density at radius 3 is 2.54 bits per heavy atom. The number of carbonyl (C=O) groups is 1. The number of aryl methyl sites for hydroxylation is 1. The fourth-order valence-corrected chi connectivity index (χ4v) is 2.54. The first-order valence-corrected chi connectivity index (χ1v) is 7.70. The van der Waals surface area contributed by atoms with Gasteiger partial charge in [0.15, 0.2) is 6.29 Å². The molecular formula is C21H17FO2. The van der Waals surface area contributed by atoms with Gasteiger partial charge in [0.2, 0.25) is 0 Å². The van der Waals surface area contributed by atoms with Gasteiger partial charge >= 0.3 is 0 Å². The molecule has 0 aliphatic carbocycles. The minimum Gasteiger partial charge on any atom is -0.488 e. The van der Waals surface area contributed by atoms with Gasteiger partial charge in [-0.25, -0.2) is 4.39 Å². The highest BCUT2D eigenvalue weighted by Gasteiger charge is 2.10. The van der Waals surface area contributed by atoms with Crippen LogP contribution in [0, 0.1) is 12.7 Å². The summed E-state index contributed by atoms with van der Waals surface area (Å²) in [6, 6.07) is 19.8. The Morgan fingerprint density at radius 1 is 1.00 bits per heavy atom. The summed E-state index contributed by atoms with van der Waals surface area (Å²) in [7, 11) is 0. The number of hydrogen-bond acceptors (Lipinski definition) is 2. The van der Waals surface area contributed by atoms with Crippen LogP contribution in [0.5, 0.6) is 5.75 Å². The van der Waals surface area contributed by atoms with Gasteiger partial charge in [-0.05, 0) is 42.3 Å². The van der Waals surface area contributed by atoms with Crippen molar-refractivity contribution in [1.29, 1.82) is 0 Å². The maximum Gasteiger partial charge on any atom is 0.153 e. The Bertz CT molecular complexity index is 857. The van der Waals surface area contributed by atoms with Crippen LogP contribution in [0.1, 0.15) is 21.5 Å². The molecule has 0 unspecified atom stereocenters. The molecule has 0 aliphatic heterocycles. The van der Waals surface area contributed by atoms with Gasteiger partial charge in [0.1, 0.15) is 18.2 Å². The summed E-state index contributed by atoms with van der Waals surface area (Å²) in [6.45, 7) is 2.28. The summed E-state index contributed by atoms with van der Waals surface area (Å²) in [5.74, 6) is 0.182. The summed E-state index contributed by atoms with van der Waals surface area (Å²) in [5.41, 5.74) is 3.52. The van der Waals surface area contributed by atoms with Gasteiger partial charge in [-0.2, -0.15) is 0 Å². The number of rotatable bonds is 5. The van der Waals surface area contributed by atoms with E-state index in [0.717, 1.165) is 17.4 Å². The van der Waals surface area contributed by atoms with Crippen molar-refractivity contribution < 1.29 is 13.9 Å². The Balaban J connectivity index is 1.88. The SMILES string of the molecule is Cc1ccc(F)c(-c2ccc(OCc3ccccc3)c(C=O)c2)c1. The maximum absolute atomic E-state index is 14.0. The second-order valence-corrected chi connectivity index (χ2v) is 5.63. The molecule has 3 aromatic rings. The molecule has 3 heteroatoms. The minimum atomic E-state index is -0.310. The van der Waals surface area contributed by atoms with E-state index in [0.29, 0.717) is 29.0 Å². The lowest BCUT2D eigenvalue weighted by Gasteiger charge is -2.11. The highest BCUT2D eigenvalue weighted by molar-refractivity contribution is 5.83. The second-order valence-electron chi connectivity index (χ2n) is 5.63. The van der Waals surface area contributed by atoms with Gasteiger partial charge < -0.3 is 4.74 Å². The summed E-state index contributed by atoms with van der Waals surface area (Å²) in [5, 5.41) is 0. The molecule has 0 bridgehead atoms. The van der Waals surface area contributed by atoms with E-state index in [9.17, 15) is 9.18 Å². The van der Waals surface area contributed by atoms with E-state index in [4.69, 9.17) is 4.74 Å². The third kappa shape index (κ3) is 3.51. The Labute approximate surface area is 140 Å². The number of hydrogen-bond donors (Lipinski definition) is 0. The van der Waals surface area contributed by atoms with Crippen LogP contribution in [0.4, 0.5) is 4.39 Å². The quantitative estimate of drug-likeness (QED) is 0.605. The topological polar surface area (TPSA) is 26.3 Å². The highest BCUT2D eigenvalue weighted by atomic mass is 19.1. The van der Waals surface area contributed by atoms with E-state index in [1.807, 2.05) is 37.3 Å². The van der Waals surface area contributed by atoms with E-state index in [2.05, 4.69) is 0 Å². The smallest absolute Gasteiger partial charge is 0.153 e. The molecule has 0 heterocycles. The van der Waals surface area contributed by atoms with Crippen molar-refractivity contribution in [2.45, 2.75) is 13.5 Å². The van der Waals surface area contributed by atoms with E-state index in [1.54, 1.807) is 30.3 Å². The molecule has 3 rings (SSSR count). The van der Waals surface area contributed by atoms with Gasteiger partial charge in [0.25, 0.3) is 0 Å². The van der Waals surface area contributed by atoms with E-state index in [-0.39, 0.29) is 5.82 Å². The van der Waals surface area contributed by atoms with Crippen molar-refractivity contribution in [2.24, 2.45) is 0 Å². The predicted molar refractivity (Wildman–Crippen MR) is 92.7 cm³/mol. The zero-order valence-electron chi connectivity index (χ0n) is 13.3. The molecule has 0 atom stereocenters. The van der Waals surface area contributed by atoms with E-state index in [1.165, 1.54) is 6.07 Å². The van der Waals surface area contributed by atoms with Gasteiger partial charge in [-0.15, -0.1) is 0 Å². The summed E-state index contributed by atoms with van der Waals surface area (Å²) < 4.78 is 19.8. The molecule has 0 spiro atoms. The van der Waals surface area contributed by atoms with Crippen molar-refractivity contribution in [2.75, 3.05) is 0 Å². The number of ether oxygens (including phenoxy) is 1. The van der Waals surface area contributed by atoms with Crippen molar-refractivity contribution in [1.82, 2.24) is 0 Å². The predicted octanol–water partition coefficient (Wildman–Crippen LogP) is 5.19. The lowest BCUT2D eigenvalue weighted by molar-refractivity contribution is 0.111. The van der Waals surface area contributed by atoms with Crippen LogP contribution in [0.15, 0.2) is 66.7 Å². The monoisotopic (exact) mass is 320 g/mol. The van der Waals surface area contributed by atoms with Gasteiger partial charge in [-0.3, -0.25) is 4.79 Å². The molecule has 0 saturated carbocycles. The highest BCUT2D eigenvalue weighted by Crippen LogP contribution is 2.29. The molecular weight excluding hydrogens is 303 g/mol. The molecule has 0 amide bonds. The molecule has 0 saturated heterocycles. The van der Waals surface area contributed by atoms with Crippen LogP contribution in [-0.2, 0) is 6.61 Å². The van der Waals surface area contributed by atoms with E-state index < -0.39 is 0 Å². The third-order valence-electron chi connectivity index (χ3n) is 3.81. The van der Waals surface area contributed by atoms with Crippen LogP contribution >= 0.6 is 0 Å². The Kier molecular flexibility index (Phi) is 4.71. The zero-order valence-corrected chi connectivity index (χ0v) is 13.3. The van der Waals surface area contributed by atoms with Crippen LogP contribution in [0.3, 0.4) is 0 Å². The molecule has 0 radical (unpaired) electrons. The molecule has 120 valence electrons. The first kappa shape index (κ1) is 15.9. The Morgan fingerprint density at radius 2 is 1.79 bits per heavy atom. The first-order valence-electron chi connectivity index (χ1n) is 7.70. The molecule has 0 N–H and O–H groups in total. The van der Waals surface area contributed by atoms with Crippen LogP contribution in [0.25, 0.3) is 11.1 Å². The molecule has 2 nitrogen and oxygen atoms in total. The van der Waals surface area contributed by atoms with Gasteiger partial charge in [0, 0.05) is 5.56 Å². The summed E-state index contributed by atoms with van der Waals surface area (Å²) in [6.07, 6.45) is 0.734. The fourth-order valence-electron chi connectivity index (χ4n) is 2.54. The first-order chi connectivity index (χ1) is 11.7. The molecule has 3 aromatic carbocycles. The normalized spacial score (nSPS) is 10.4. The third-order valence-corrected chi connectivity index (χ3v) is 3.81. The average molecular weight is 320 g/mol. The fraction of sp³-hybridized carbons (Fsp3) is 0.0952. The van der Waals surface area contributed by atoms with Crippen molar-refractivity contribution in [3.8, 4) is 16.9 Å². The molecule has 0 aliphatic rings. The van der Waals surface area contributed by atoms with E-state index >= 15 is 0 Å². The van der Waals surface area contributed by atoms with Crippen molar-refractivity contribution in [3.05, 3.63) is 89.2 Å². The maximum atomic E-state index is 14.0. The molecule has 0 fully saturated rings. The van der Waals surface area contributed by atoms with Crippen molar-refractivity contribution in [3.63, 3.8) is 0 Å². The summed E-state index contributed by atoms with van der Waals surface area (Å²) >= 11 is 0. The van der Waals surface area contributed by atoms with Crippen LogP contribution in [-0.4, -0.2) is 6.29 Å². The van der Waals surface area contributed by atoms with Crippen molar-refractivity contribution >= 4 is 6.29 Å². The lowest BCUT2D eigenvalue weighted by atomic mass is 10.0. The summed E-state index contributed by atoms with van der Waals surface area (Å²) in [4.78, 5) is 11.4. The second kappa shape index (κ2) is 7.09. The van der Waals surface area contributed by atoms with Crippen LogP contribution < -0.4 is 4.74 Å². The average Bonchev–Trinajstić information content (AvgIpc) is 2.62. The van der Waals surface area contributed by atoms with Gasteiger partial charge in [0.05, 0.1) is 5.56 Å².